The number of hydrogen-bond acceptors (Lipinski definition) is 0. The molecule has 0 heterocycles. The van der Waals surface area contributed by atoms with Gasteiger partial charge in [-0.15, -0.1) is 13.3 Å². The molecule has 1 aliphatic rings. The predicted octanol–water partition coefficient (Wildman–Crippen LogP) is 2.08. The average Bonchev–Trinajstić information content (AvgIpc) is 1.91. The Hall–Kier alpha value is 0.194. The Labute approximate surface area is 65.6 Å². The van der Waals surface area contributed by atoms with Gasteiger partial charge in [0.1, 0.15) is 0 Å². The van der Waals surface area contributed by atoms with Gasteiger partial charge in [0.2, 0.25) is 0 Å². The van der Waals surface area contributed by atoms with Crippen molar-refractivity contribution in [3.8, 4) is 0 Å². The molecule has 0 atom stereocenters. The summed E-state index contributed by atoms with van der Waals surface area (Å²) < 4.78 is 0. The van der Waals surface area contributed by atoms with E-state index in [2.05, 4.69) is 26.0 Å². The van der Waals surface area contributed by atoms with Gasteiger partial charge in [-0.3, -0.25) is 6.08 Å². The second-order valence-corrected chi connectivity index (χ2v) is 1.99. The van der Waals surface area contributed by atoms with E-state index in [0.717, 1.165) is 6.42 Å². The third-order valence-corrected chi connectivity index (χ3v) is 1.36. The molecule has 0 N–H and O–H groups in total. The Balaban J connectivity index is 0.000000490. The van der Waals surface area contributed by atoms with Crippen LogP contribution in [0.1, 0.15) is 20.3 Å². The first-order valence-corrected chi connectivity index (χ1v) is 2.53. The molecule has 0 aliphatic heterocycles. The average molecular weight is 141 g/mol. The normalized spacial score (nSPS) is 16.8. The predicted molar refractivity (Wildman–Crippen MR) is 30.8 cm³/mol. The molecule has 0 saturated carbocycles. The molecule has 1 aliphatic carbocycles. The van der Waals surface area contributed by atoms with Gasteiger partial charge in [-0.25, -0.2) is 11.6 Å². The first-order chi connectivity index (χ1) is 3.30. The standard InChI is InChI=1S/C7H9.Ti/c1-6-4-3-5-7(6)2;/h4H,5H2,1-2H3;/q-1;. The molecule has 0 bridgehead atoms. The van der Waals surface area contributed by atoms with Gasteiger partial charge in [0, 0.05) is 21.7 Å². The minimum Gasteiger partial charge on any atom is -0.272 e. The summed E-state index contributed by atoms with van der Waals surface area (Å²) in [4.78, 5) is 0. The molecule has 0 unspecified atom stereocenters. The van der Waals surface area contributed by atoms with Crippen LogP contribution in [0.2, 0.25) is 0 Å². The van der Waals surface area contributed by atoms with E-state index in [9.17, 15) is 0 Å². The summed E-state index contributed by atoms with van der Waals surface area (Å²) in [6.07, 6.45) is 6.22. The van der Waals surface area contributed by atoms with Crippen molar-refractivity contribution in [2.75, 3.05) is 0 Å². The van der Waals surface area contributed by atoms with Gasteiger partial charge < -0.3 is 0 Å². The van der Waals surface area contributed by atoms with Crippen LogP contribution >= 0.6 is 0 Å². The Morgan fingerprint density at radius 3 is 2.25 bits per heavy atom. The molecular formula is C7H9Ti-. The van der Waals surface area contributed by atoms with Crippen LogP contribution < -0.4 is 0 Å². The summed E-state index contributed by atoms with van der Waals surface area (Å²) >= 11 is 0. The van der Waals surface area contributed by atoms with E-state index in [-0.39, 0.29) is 21.7 Å². The second kappa shape index (κ2) is 3.27. The van der Waals surface area contributed by atoms with E-state index in [0.29, 0.717) is 0 Å². The number of rotatable bonds is 0. The first kappa shape index (κ1) is 8.19. The molecule has 0 nitrogen and oxygen atoms in total. The van der Waals surface area contributed by atoms with E-state index >= 15 is 0 Å². The third-order valence-electron chi connectivity index (χ3n) is 1.36. The Morgan fingerprint density at radius 2 is 2.12 bits per heavy atom. The molecule has 0 amide bonds. The van der Waals surface area contributed by atoms with Crippen molar-refractivity contribution in [1.29, 1.82) is 0 Å². The fourth-order valence-electron chi connectivity index (χ4n) is 0.620. The molecule has 0 saturated heterocycles. The van der Waals surface area contributed by atoms with Gasteiger partial charge in [-0.2, -0.15) is 5.57 Å². The van der Waals surface area contributed by atoms with E-state index in [1.165, 1.54) is 11.1 Å². The summed E-state index contributed by atoms with van der Waals surface area (Å²) in [6.45, 7) is 4.27. The molecule has 1 rings (SSSR count). The minimum absolute atomic E-state index is 0. The minimum atomic E-state index is 0. The van der Waals surface area contributed by atoms with Crippen LogP contribution in [0.3, 0.4) is 0 Å². The third kappa shape index (κ3) is 1.61. The molecule has 42 valence electrons. The Kier molecular flexibility index (Phi) is 3.34. The molecular weight excluding hydrogens is 132 g/mol. The van der Waals surface area contributed by atoms with Gasteiger partial charge in [-0.05, 0) is 0 Å². The van der Waals surface area contributed by atoms with Crippen LogP contribution in [0.15, 0.2) is 17.2 Å². The molecule has 0 spiro atoms. The summed E-state index contributed by atoms with van der Waals surface area (Å²) in [5.41, 5.74) is 2.85. The van der Waals surface area contributed by atoms with Gasteiger partial charge >= 0.3 is 0 Å². The largest absolute Gasteiger partial charge is 0.272 e. The van der Waals surface area contributed by atoms with Gasteiger partial charge in [-0.1, -0.05) is 6.92 Å². The molecule has 1 heteroatoms. The molecule has 0 aromatic rings. The van der Waals surface area contributed by atoms with E-state index in [1.807, 2.05) is 0 Å². The van der Waals surface area contributed by atoms with Crippen molar-refractivity contribution >= 4 is 0 Å². The van der Waals surface area contributed by atoms with Gasteiger partial charge in [0.25, 0.3) is 0 Å². The van der Waals surface area contributed by atoms with Crippen LogP contribution in [0.5, 0.6) is 0 Å². The van der Waals surface area contributed by atoms with E-state index < -0.39 is 0 Å². The smallest absolute Gasteiger partial charge is 0 e. The molecule has 0 radical (unpaired) electrons. The van der Waals surface area contributed by atoms with Crippen LogP contribution in [0.4, 0.5) is 0 Å². The van der Waals surface area contributed by atoms with Crippen molar-refractivity contribution in [3.05, 3.63) is 23.3 Å². The fraction of sp³-hybridized carbons (Fsp3) is 0.429. The topological polar surface area (TPSA) is 0 Å². The van der Waals surface area contributed by atoms with Crippen molar-refractivity contribution in [1.82, 2.24) is 0 Å². The monoisotopic (exact) mass is 141 g/mol. The van der Waals surface area contributed by atoms with Crippen molar-refractivity contribution in [3.63, 3.8) is 0 Å². The molecule has 8 heavy (non-hydrogen) atoms. The fourth-order valence-corrected chi connectivity index (χ4v) is 0.620. The molecule has 0 aromatic carbocycles. The van der Waals surface area contributed by atoms with Crippen molar-refractivity contribution < 1.29 is 21.7 Å². The SMILES string of the molecule is CC1=C(C)C[C-]=C1.[Ti]. The first-order valence-electron chi connectivity index (χ1n) is 2.53. The molecule has 0 fully saturated rings. The maximum atomic E-state index is 3.12. The quantitative estimate of drug-likeness (QED) is 0.358. The van der Waals surface area contributed by atoms with Gasteiger partial charge in [0.15, 0.2) is 0 Å². The zero-order chi connectivity index (χ0) is 5.28. The summed E-state index contributed by atoms with van der Waals surface area (Å²) in [5, 5.41) is 0. The van der Waals surface area contributed by atoms with Crippen LogP contribution in [-0.4, -0.2) is 0 Å². The van der Waals surface area contributed by atoms with Crippen LogP contribution in [-0.2, 0) is 21.7 Å². The van der Waals surface area contributed by atoms with Gasteiger partial charge in [0.05, 0.1) is 0 Å². The number of hydrogen-bond donors (Lipinski definition) is 0. The zero-order valence-electron chi connectivity index (χ0n) is 5.28. The maximum absolute atomic E-state index is 3.12. The summed E-state index contributed by atoms with van der Waals surface area (Å²) in [6, 6.07) is 0. The van der Waals surface area contributed by atoms with E-state index in [4.69, 9.17) is 0 Å². The van der Waals surface area contributed by atoms with Crippen LogP contribution in [0, 0.1) is 6.08 Å². The Morgan fingerprint density at radius 1 is 1.50 bits per heavy atom. The van der Waals surface area contributed by atoms with E-state index in [1.54, 1.807) is 0 Å². The van der Waals surface area contributed by atoms with Crippen molar-refractivity contribution in [2.24, 2.45) is 0 Å². The summed E-state index contributed by atoms with van der Waals surface area (Å²) in [5.74, 6) is 0. The maximum Gasteiger partial charge on any atom is 0 e. The van der Waals surface area contributed by atoms with Crippen LogP contribution in [0.25, 0.3) is 0 Å². The Bertz CT molecular complexity index is 131. The molecule has 0 aromatic heterocycles. The zero-order valence-corrected chi connectivity index (χ0v) is 6.85. The second-order valence-electron chi connectivity index (χ2n) is 1.99. The summed E-state index contributed by atoms with van der Waals surface area (Å²) in [7, 11) is 0. The number of allylic oxidation sites excluding steroid dienone is 4. The van der Waals surface area contributed by atoms with Crippen molar-refractivity contribution in [2.45, 2.75) is 20.3 Å².